The summed E-state index contributed by atoms with van der Waals surface area (Å²) in [5.74, 6) is 2.29. The smallest absolute Gasteiger partial charge is 0.177 e. The van der Waals surface area contributed by atoms with Gasteiger partial charge in [-0.15, -0.1) is 0 Å². The lowest BCUT2D eigenvalue weighted by atomic mass is 10.4. The number of thioether (sulfide) groups is 2. The second kappa shape index (κ2) is 12.7. The van der Waals surface area contributed by atoms with Crippen molar-refractivity contribution in [1.82, 2.24) is 20.4 Å². The number of H-pyrrole nitrogens is 2. The molecule has 4 nitrogen and oxygen atoms in total. The number of aromatic nitrogens is 4. The molecule has 0 saturated carbocycles. The summed E-state index contributed by atoms with van der Waals surface area (Å²) in [6.07, 6.45) is 4.97. The van der Waals surface area contributed by atoms with Gasteiger partial charge in [-0.1, -0.05) is 72.9 Å². The Labute approximate surface area is 157 Å². The van der Waals surface area contributed by atoms with Crippen molar-refractivity contribution in [2.45, 2.75) is 48.2 Å². The SMILES string of the molecule is CCCCSc1n[nH]c(=S)s1.CCCCSc1n[nH]c(=S)s1. The zero-order valence-corrected chi connectivity index (χ0v) is 17.5. The zero-order valence-electron chi connectivity index (χ0n) is 12.6. The van der Waals surface area contributed by atoms with Crippen LogP contribution in [0.2, 0.25) is 0 Å². The monoisotopic (exact) mass is 412 g/mol. The van der Waals surface area contributed by atoms with Gasteiger partial charge in [-0.05, 0) is 37.3 Å². The maximum absolute atomic E-state index is 4.90. The van der Waals surface area contributed by atoms with Crippen LogP contribution in [0.25, 0.3) is 0 Å². The minimum absolute atomic E-state index is 0.768. The summed E-state index contributed by atoms with van der Waals surface area (Å²) in [5.41, 5.74) is 0. The molecule has 10 heteroatoms. The van der Waals surface area contributed by atoms with Crippen LogP contribution in [-0.2, 0) is 0 Å². The van der Waals surface area contributed by atoms with E-state index >= 15 is 0 Å². The van der Waals surface area contributed by atoms with Gasteiger partial charge in [0.25, 0.3) is 0 Å². The molecule has 2 rings (SSSR count). The highest BCUT2D eigenvalue weighted by Crippen LogP contribution is 2.21. The van der Waals surface area contributed by atoms with Crippen LogP contribution in [0, 0.1) is 7.91 Å². The Morgan fingerprint density at radius 1 is 0.864 bits per heavy atom. The lowest BCUT2D eigenvalue weighted by Crippen LogP contribution is -1.76. The van der Waals surface area contributed by atoms with Crippen LogP contribution in [0.1, 0.15) is 39.5 Å². The third-order valence-electron chi connectivity index (χ3n) is 2.28. The van der Waals surface area contributed by atoms with Crippen LogP contribution in [0.15, 0.2) is 8.68 Å². The Bertz CT molecular complexity index is 559. The van der Waals surface area contributed by atoms with Crippen molar-refractivity contribution in [3.05, 3.63) is 7.91 Å². The van der Waals surface area contributed by atoms with Gasteiger partial charge in [0.05, 0.1) is 0 Å². The first-order valence-corrected chi connectivity index (χ1v) is 11.4. The third-order valence-corrected chi connectivity index (χ3v) is 6.92. The molecule has 2 aromatic rings. The zero-order chi connectivity index (χ0) is 16.2. The lowest BCUT2D eigenvalue weighted by Gasteiger charge is -1.91. The average molecular weight is 413 g/mol. The predicted octanol–water partition coefficient (Wildman–Crippen LogP) is 6.19. The summed E-state index contributed by atoms with van der Waals surface area (Å²) < 4.78 is 3.65. The summed E-state index contributed by atoms with van der Waals surface area (Å²) in [4.78, 5) is 0. The minimum Gasteiger partial charge on any atom is -0.257 e. The third kappa shape index (κ3) is 9.41. The number of nitrogens with one attached hydrogen (secondary N) is 2. The van der Waals surface area contributed by atoms with Crippen molar-refractivity contribution >= 4 is 70.6 Å². The van der Waals surface area contributed by atoms with E-state index < -0.39 is 0 Å². The van der Waals surface area contributed by atoms with Crippen LogP contribution in [0.5, 0.6) is 0 Å². The minimum atomic E-state index is 0.768. The van der Waals surface area contributed by atoms with Gasteiger partial charge in [0.15, 0.2) is 16.6 Å². The number of unbranched alkanes of at least 4 members (excludes halogenated alkanes) is 2. The first kappa shape index (κ1) is 20.3. The van der Waals surface area contributed by atoms with Gasteiger partial charge in [-0.2, -0.15) is 10.2 Å². The number of rotatable bonds is 8. The summed E-state index contributed by atoms with van der Waals surface area (Å²) in [5, 5.41) is 13.6. The Balaban J connectivity index is 0.000000220. The van der Waals surface area contributed by atoms with Crippen molar-refractivity contribution in [3.63, 3.8) is 0 Å². The number of hydrogen-bond donors (Lipinski definition) is 2. The highest BCUT2D eigenvalue weighted by molar-refractivity contribution is 8.01. The predicted molar refractivity (Wildman–Crippen MR) is 106 cm³/mol. The molecule has 2 heterocycles. The van der Waals surface area contributed by atoms with Gasteiger partial charge < -0.3 is 0 Å². The molecule has 0 unspecified atom stereocenters. The summed E-state index contributed by atoms with van der Waals surface area (Å²) >= 11 is 16.4. The molecule has 0 atom stereocenters. The van der Waals surface area contributed by atoms with E-state index in [1.807, 2.05) is 0 Å². The Morgan fingerprint density at radius 2 is 1.27 bits per heavy atom. The molecule has 0 spiro atoms. The van der Waals surface area contributed by atoms with E-state index in [0.29, 0.717) is 0 Å². The van der Waals surface area contributed by atoms with Crippen molar-refractivity contribution in [2.24, 2.45) is 0 Å². The summed E-state index contributed by atoms with van der Waals surface area (Å²) in [6, 6.07) is 0. The van der Waals surface area contributed by atoms with Crippen molar-refractivity contribution in [3.8, 4) is 0 Å². The highest BCUT2D eigenvalue weighted by atomic mass is 32.2. The molecule has 0 radical (unpaired) electrons. The topological polar surface area (TPSA) is 57.4 Å². The van der Waals surface area contributed by atoms with E-state index in [-0.39, 0.29) is 0 Å². The number of hydrogen-bond acceptors (Lipinski definition) is 8. The molecule has 0 aromatic carbocycles. The molecule has 0 saturated heterocycles. The van der Waals surface area contributed by atoms with Gasteiger partial charge in [0.1, 0.15) is 0 Å². The summed E-state index contributed by atoms with van der Waals surface area (Å²) in [6.45, 7) is 4.38. The molecule has 2 N–H and O–H groups in total. The second-order valence-electron chi connectivity index (χ2n) is 4.16. The lowest BCUT2D eigenvalue weighted by molar-refractivity contribution is 0.894. The molecule has 0 fully saturated rings. The van der Waals surface area contributed by atoms with Crippen molar-refractivity contribution in [1.29, 1.82) is 0 Å². The summed E-state index contributed by atoms with van der Waals surface area (Å²) in [7, 11) is 0. The molecular formula is C12H20N4S6. The van der Waals surface area contributed by atoms with Crippen LogP contribution >= 0.6 is 70.6 Å². The number of aromatic amines is 2. The van der Waals surface area contributed by atoms with Gasteiger partial charge in [-0.3, -0.25) is 10.2 Å². The molecule has 22 heavy (non-hydrogen) atoms. The Kier molecular flexibility index (Phi) is 11.7. The van der Waals surface area contributed by atoms with Crippen LogP contribution in [0.3, 0.4) is 0 Å². The first-order chi connectivity index (χ1) is 10.7. The Hall–Kier alpha value is 0.260. The van der Waals surface area contributed by atoms with E-state index in [4.69, 9.17) is 24.4 Å². The van der Waals surface area contributed by atoms with Gasteiger partial charge in [0, 0.05) is 11.5 Å². The first-order valence-electron chi connectivity index (χ1n) is 7.02. The fourth-order valence-electron chi connectivity index (χ4n) is 1.16. The van der Waals surface area contributed by atoms with E-state index in [9.17, 15) is 0 Å². The molecule has 0 bridgehead atoms. The van der Waals surface area contributed by atoms with Gasteiger partial charge >= 0.3 is 0 Å². The number of nitrogens with zero attached hydrogens (tertiary/aromatic N) is 2. The van der Waals surface area contributed by atoms with Crippen LogP contribution in [0.4, 0.5) is 0 Å². The standard InChI is InChI=1S/2C6H10N2S3/c2*1-2-3-4-10-6-8-7-5(9)11-6/h2*2-4H2,1H3,(H,7,9). The molecule has 0 amide bonds. The maximum Gasteiger partial charge on any atom is 0.177 e. The fraction of sp³-hybridized carbons (Fsp3) is 0.667. The normalized spacial score (nSPS) is 10.3. The van der Waals surface area contributed by atoms with E-state index in [0.717, 1.165) is 28.1 Å². The molecule has 0 aliphatic carbocycles. The van der Waals surface area contributed by atoms with Crippen LogP contribution in [-0.4, -0.2) is 31.9 Å². The fourth-order valence-corrected chi connectivity index (χ4v) is 5.63. The van der Waals surface area contributed by atoms with Crippen molar-refractivity contribution in [2.75, 3.05) is 11.5 Å². The molecule has 0 aliphatic rings. The molecular weight excluding hydrogens is 393 g/mol. The van der Waals surface area contributed by atoms with Crippen molar-refractivity contribution < 1.29 is 0 Å². The second-order valence-corrected chi connectivity index (χ2v) is 10.2. The van der Waals surface area contributed by atoms with E-state index in [2.05, 4.69) is 34.2 Å². The maximum atomic E-state index is 4.90. The van der Waals surface area contributed by atoms with E-state index in [1.165, 1.54) is 25.7 Å². The van der Waals surface area contributed by atoms with Gasteiger partial charge in [0.2, 0.25) is 0 Å². The quantitative estimate of drug-likeness (QED) is 0.306. The largest absolute Gasteiger partial charge is 0.257 e. The average Bonchev–Trinajstić information content (AvgIpc) is 3.09. The highest BCUT2D eigenvalue weighted by Gasteiger charge is 1.97. The molecule has 0 aliphatic heterocycles. The van der Waals surface area contributed by atoms with Crippen LogP contribution < -0.4 is 0 Å². The molecule has 124 valence electrons. The Morgan fingerprint density at radius 3 is 1.55 bits per heavy atom. The molecule has 2 aromatic heterocycles. The van der Waals surface area contributed by atoms with Gasteiger partial charge in [-0.25, -0.2) is 0 Å². The van der Waals surface area contributed by atoms with E-state index in [1.54, 1.807) is 46.2 Å².